The maximum atomic E-state index is 12.2. The maximum absolute atomic E-state index is 12.2. The van der Waals surface area contributed by atoms with E-state index in [2.05, 4.69) is 45.9 Å². The molecule has 86 heavy (non-hydrogen) atoms. The van der Waals surface area contributed by atoms with E-state index in [0.29, 0.717) is 54.9 Å². The van der Waals surface area contributed by atoms with Crippen LogP contribution in [0, 0.1) is 39.0 Å². The standard InChI is InChI=1S/C50H51N11O15S6.O3S/c1-29-20-39(57-60-48-32(4)34(28-51)49-52-38-26-47(82(72,73)74)44(75-5)27-42(38)61(49)50(48)62)43(76-14-9-17-79(63,64)65)23-35(29)55-58-40-22-31(3)37(25-46(40)78-16-11-19-81(69,70)71)56-59-41-21-30(2)36(54-53-33-12-7-6-8-13-33)24-45(41)77-15-10-18-80(66,67)68;1-4(2)3/h6-8,12-13,20-27,62H,9-11,14-19H2,1-5H3,(H,63,64,65)(H,66,67,68)(H,69,70,71)(H,72,73,74);. The molecule has 5 aromatic carbocycles. The molecule has 2 heterocycles. The number of imidazole rings is 1. The van der Waals surface area contributed by atoms with E-state index in [9.17, 15) is 62.3 Å². The molecule has 5 N–H and O–H groups in total. The lowest BCUT2D eigenvalue weighted by Gasteiger charge is -2.12. The number of aromatic nitrogens is 2. The van der Waals surface area contributed by atoms with Crippen LogP contribution >= 0.6 is 23.5 Å². The molecule has 456 valence electrons. The summed E-state index contributed by atoms with van der Waals surface area (Å²) in [6.07, 6.45) is 0.0217. The van der Waals surface area contributed by atoms with Crippen molar-refractivity contribution in [2.24, 2.45) is 40.9 Å². The van der Waals surface area contributed by atoms with Crippen molar-refractivity contribution >= 4 is 137 Å². The number of ether oxygens (including phenoxy) is 2. The number of rotatable bonds is 25. The van der Waals surface area contributed by atoms with Gasteiger partial charge >= 0.3 is 10.6 Å². The largest absolute Gasteiger partial charge is 0.495 e. The summed E-state index contributed by atoms with van der Waals surface area (Å²) >= 11 is 2.48. The third-order valence-electron chi connectivity index (χ3n) is 11.8. The van der Waals surface area contributed by atoms with Gasteiger partial charge in [-0.3, -0.25) is 22.6 Å². The highest BCUT2D eigenvalue weighted by atomic mass is 32.2. The van der Waals surface area contributed by atoms with Crippen LogP contribution in [0.25, 0.3) is 16.7 Å². The number of hydrogen-bond acceptors (Lipinski definition) is 26. The predicted molar refractivity (Wildman–Crippen MR) is 317 cm³/mol. The number of methoxy groups -OCH3 is 1. The van der Waals surface area contributed by atoms with Crippen LogP contribution in [-0.4, -0.2) is 121 Å². The first-order valence-electron chi connectivity index (χ1n) is 24.7. The molecule has 2 aromatic heterocycles. The third-order valence-corrected chi connectivity index (χ3v) is 17.3. The molecule has 0 aliphatic rings. The van der Waals surface area contributed by atoms with Crippen molar-refractivity contribution in [2.45, 2.75) is 61.6 Å². The Balaban J connectivity index is 0.00000286. The fourth-order valence-electron chi connectivity index (χ4n) is 7.73. The Labute approximate surface area is 502 Å². The third kappa shape index (κ3) is 19.2. The minimum atomic E-state index is -4.79. The molecular weight excluding hydrogens is 1270 g/mol. The molecule has 7 aromatic rings. The molecule has 0 aliphatic carbocycles. The quantitative estimate of drug-likeness (QED) is 0.0154. The molecule has 0 bridgehead atoms. The Morgan fingerprint density at radius 3 is 1.56 bits per heavy atom. The summed E-state index contributed by atoms with van der Waals surface area (Å²) in [5.41, 5.74) is 3.98. The summed E-state index contributed by atoms with van der Waals surface area (Å²) < 4.78 is 169. The molecule has 36 heteroatoms. The van der Waals surface area contributed by atoms with E-state index in [1.54, 1.807) is 50.2 Å². The van der Waals surface area contributed by atoms with Gasteiger partial charge in [0.25, 0.3) is 40.5 Å². The van der Waals surface area contributed by atoms with E-state index in [4.69, 9.17) is 22.1 Å². The van der Waals surface area contributed by atoms with E-state index >= 15 is 0 Å². The Morgan fingerprint density at radius 2 is 1.07 bits per heavy atom. The lowest BCUT2D eigenvalue weighted by Crippen LogP contribution is -2.08. The first-order valence-corrected chi connectivity index (χ1v) is 33.9. The van der Waals surface area contributed by atoms with Gasteiger partial charge in [-0.05, 0) is 124 Å². The molecule has 0 radical (unpaired) electrons. The Kier molecular flexibility index (Phi) is 22.8. The molecule has 0 unspecified atom stereocenters. The normalized spacial score (nSPS) is 12.4. The van der Waals surface area contributed by atoms with Crippen LogP contribution in [0.1, 0.15) is 47.1 Å². The lowest BCUT2D eigenvalue weighted by molar-refractivity contribution is 0.317. The van der Waals surface area contributed by atoms with Crippen molar-refractivity contribution in [1.29, 1.82) is 5.26 Å². The molecule has 0 atom stereocenters. The van der Waals surface area contributed by atoms with E-state index in [-0.39, 0.29) is 93.7 Å². The average molecular weight is 1320 g/mol. The second-order valence-electron chi connectivity index (χ2n) is 18.1. The van der Waals surface area contributed by atoms with Crippen molar-refractivity contribution in [1.82, 2.24) is 9.38 Å². The van der Waals surface area contributed by atoms with Crippen LogP contribution in [-0.2, 0) is 51.1 Å². The number of pyridine rings is 1. The molecule has 29 nitrogen and oxygen atoms in total. The van der Waals surface area contributed by atoms with Gasteiger partial charge < -0.3 is 14.6 Å². The number of nitrogens with zero attached hydrogens (tertiary/aromatic N) is 11. The van der Waals surface area contributed by atoms with Crippen molar-refractivity contribution in [2.75, 3.05) is 42.5 Å². The van der Waals surface area contributed by atoms with E-state index in [1.165, 1.54) is 48.6 Å². The summed E-state index contributed by atoms with van der Waals surface area (Å²) in [5.74, 6) is -2.00. The number of nitriles is 1. The Hall–Kier alpha value is -7.70. The Morgan fingerprint density at radius 1 is 0.605 bits per heavy atom. The van der Waals surface area contributed by atoms with Crippen LogP contribution < -0.4 is 9.47 Å². The van der Waals surface area contributed by atoms with Gasteiger partial charge in [-0.25, -0.2) is 4.98 Å². The molecule has 0 fully saturated rings. The van der Waals surface area contributed by atoms with Gasteiger partial charge in [-0.2, -0.15) is 59.4 Å². The van der Waals surface area contributed by atoms with Gasteiger partial charge in [0.1, 0.15) is 33.7 Å². The first kappa shape index (κ1) is 67.4. The molecule has 0 amide bonds. The zero-order valence-electron chi connectivity index (χ0n) is 45.7. The SMILES string of the molecule is COc1cc2c(cc1S(=O)(=O)O)nc1c(C#N)c(C)c(N=Nc3cc(C)c(N=Nc4cc(C)c(N=Nc5cc(C)c(N=Nc6ccccc6)cc5SCCCS(=O)(=O)O)cc4SCCCS(=O)(=O)O)cc3OCCCS(=O)(=O)O)c(O)n12.O=S(=O)=O. The highest BCUT2D eigenvalue weighted by molar-refractivity contribution is 7.99. The van der Waals surface area contributed by atoms with E-state index < -0.39 is 79.1 Å². The van der Waals surface area contributed by atoms with Crippen LogP contribution in [0.2, 0.25) is 0 Å². The van der Waals surface area contributed by atoms with Crippen LogP contribution in [0.15, 0.2) is 134 Å². The summed E-state index contributed by atoms with van der Waals surface area (Å²) in [4.78, 5) is 4.82. The second kappa shape index (κ2) is 29.1. The van der Waals surface area contributed by atoms with E-state index in [1.807, 2.05) is 31.2 Å². The fraction of sp³-hybridized carbons (Fsp3) is 0.280. The summed E-state index contributed by atoms with van der Waals surface area (Å²) in [6, 6.07) is 23.1. The van der Waals surface area contributed by atoms with Crippen molar-refractivity contribution in [3.63, 3.8) is 0 Å². The maximum Gasteiger partial charge on any atom is 0.425 e. The first-order chi connectivity index (χ1) is 40.4. The monoisotopic (exact) mass is 1320 g/mol. The summed E-state index contributed by atoms with van der Waals surface area (Å²) in [6.45, 7) is 6.42. The predicted octanol–water partition coefficient (Wildman–Crippen LogP) is 11.6. The number of fused-ring (bicyclic) bond motifs is 3. The number of benzene rings is 5. The number of thioether (sulfide) groups is 2. The fourth-order valence-corrected chi connectivity index (χ4v) is 12.2. The summed E-state index contributed by atoms with van der Waals surface area (Å²) in [7, 11) is -19.6. The molecule has 0 saturated heterocycles. The highest BCUT2D eigenvalue weighted by Crippen LogP contribution is 2.44. The van der Waals surface area contributed by atoms with E-state index in [0.717, 1.165) is 17.6 Å². The van der Waals surface area contributed by atoms with Crippen LogP contribution in [0.3, 0.4) is 0 Å². The summed E-state index contributed by atoms with van der Waals surface area (Å²) in [5, 5.41) is 57.7. The topological polar surface area (TPSA) is 447 Å². The van der Waals surface area contributed by atoms with Gasteiger partial charge in [0, 0.05) is 27.5 Å². The zero-order chi connectivity index (χ0) is 63.3. The Bertz CT molecular complexity index is 4500. The minimum Gasteiger partial charge on any atom is -0.495 e. The van der Waals surface area contributed by atoms with Gasteiger partial charge in [-0.1, -0.05) is 18.2 Å². The number of aromatic hydroxyl groups is 1. The number of hydrogen-bond donors (Lipinski definition) is 5. The van der Waals surface area contributed by atoms with Gasteiger partial charge in [0.15, 0.2) is 11.3 Å². The minimum absolute atomic E-state index is 0.0156. The van der Waals surface area contributed by atoms with Crippen molar-refractivity contribution < 1.29 is 79.1 Å². The lowest BCUT2D eigenvalue weighted by atomic mass is 10.1. The number of azo groups is 4. The van der Waals surface area contributed by atoms with Crippen molar-refractivity contribution in [3.05, 3.63) is 107 Å². The van der Waals surface area contributed by atoms with Gasteiger partial charge in [0.05, 0.1) is 76.1 Å². The van der Waals surface area contributed by atoms with Crippen LogP contribution in [0.5, 0.6) is 17.4 Å². The highest BCUT2D eigenvalue weighted by Gasteiger charge is 2.25. The molecule has 7 rings (SSSR count). The van der Waals surface area contributed by atoms with Gasteiger partial charge in [0.2, 0.25) is 5.88 Å². The molecule has 0 spiro atoms. The second-order valence-corrected chi connectivity index (χ2v) is 26.9. The zero-order valence-corrected chi connectivity index (χ0v) is 51.4. The average Bonchev–Trinajstić information content (AvgIpc) is 1.59. The van der Waals surface area contributed by atoms with Gasteiger partial charge in [-0.15, -0.1) is 56.6 Å². The molecule has 0 saturated carbocycles. The molecule has 0 aliphatic heterocycles. The van der Waals surface area contributed by atoms with Crippen molar-refractivity contribution in [3.8, 4) is 23.4 Å². The smallest absolute Gasteiger partial charge is 0.425 e. The van der Waals surface area contributed by atoms with Crippen LogP contribution in [0.4, 0.5) is 45.5 Å². The number of aryl methyl sites for hydroxylation is 3. The molecular formula is C50H51N11O18S7.